The van der Waals surface area contributed by atoms with Crippen LogP contribution in [-0.4, -0.2) is 29.7 Å². The van der Waals surface area contributed by atoms with Crippen LogP contribution in [0.1, 0.15) is 68.8 Å². The minimum atomic E-state index is -0.914. The number of halogens is 2. The number of aryl methyl sites for hydroxylation is 1. The molecule has 0 fully saturated rings. The predicted octanol–water partition coefficient (Wildman–Crippen LogP) is 4.63. The summed E-state index contributed by atoms with van der Waals surface area (Å²) in [6.45, 7) is 8.31. The first-order valence-corrected chi connectivity index (χ1v) is 11.8. The number of rotatable bonds is 8. The Bertz CT molecular complexity index is 951. The second-order valence-corrected chi connectivity index (χ2v) is 10.5. The van der Waals surface area contributed by atoms with E-state index in [2.05, 4.69) is 49.6 Å². The fraction of sp³-hybridized carbons (Fsp3) is 0.519. The number of hydrogen-bond donors (Lipinski definition) is 3. The van der Waals surface area contributed by atoms with E-state index in [1.54, 1.807) is 0 Å². The van der Waals surface area contributed by atoms with Gasteiger partial charge in [-0.15, -0.1) is 0 Å². The van der Waals surface area contributed by atoms with E-state index in [-0.39, 0.29) is 30.3 Å². The second kappa shape index (κ2) is 10.7. The van der Waals surface area contributed by atoms with E-state index < -0.39 is 23.8 Å². The van der Waals surface area contributed by atoms with Crippen molar-refractivity contribution in [1.29, 1.82) is 0 Å². The van der Waals surface area contributed by atoms with Gasteiger partial charge in [-0.1, -0.05) is 39.0 Å². The van der Waals surface area contributed by atoms with Crippen LogP contribution in [0.15, 0.2) is 36.4 Å². The lowest BCUT2D eigenvalue weighted by molar-refractivity contribution is -0.120. The summed E-state index contributed by atoms with van der Waals surface area (Å²) >= 11 is 0. The summed E-state index contributed by atoms with van der Waals surface area (Å²) in [5.41, 5.74) is 4.50. The molecule has 3 atom stereocenters. The van der Waals surface area contributed by atoms with Gasteiger partial charge in [-0.3, -0.25) is 4.79 Å². The number of aliphatic hydroxyl groups is 1. The Labute approximate surface area is 195 Å². The van der Waals surface area contributed by atoms with Gasteiger partial charge in [0, 0.05) is 25.6 Å². The average Bonchev–Trinajstić information content (AvgIpc) is 2.69. The highest BCUT2D eigenvalue weighted by molar-refractivity contribution is 5.73. The molecule has 3 rings (SSSR count). The third-order valence-corrected chi connectivity index (χ3v) is 6.06. The molecule has 3 N–H and O–H groups in total. The van der Waals surface area contributed by atoms with Gasteiger partial charge >= 0.3 is 0 Å². The van der Waals surface area contributed by atoms with Crippen molar-refractivity contribution in [1.82, 2.24) is 10.6 Å². The van der Waals surface area contributed by atoms with Gasteiger partial charge in [0.2, 0.25) is 5.91 Å². The zero-order chi connectivity index (χ0) is 24.2. The molecule has 0 unspecified atom stereocenters. The van der Waals surface area contributed by atoms with E-state index in [1.165, 1.54) is 35.7 Å². The minimum absolute atomic E-state index is 0.118. The number of fused-ring (bicyclic) bond motifs is 1. The number of amides is 1. The molecular formula is C27H36F2N2O2. The first-order valence-electron chi connectivity index (χ1n) is 11.8. The van der Waals surface area contributed by atoms with Crippen molar-refractivity contribution in [3.8, 4) is 0 Å². The van der Waals surface area contributed by atoms with Crippen LogP contribution in [0.5, 0.6) is 0 Å². The van der Waals surface area contributed by atoms with E-state index in [0.29, 0.717) is 5.56 Å². The standard InChI is InChI=1S/C27H36F2N2O2/c1-17(32)31-25(13-19-10-21(28)14-22(29)11-19)26(33)16-30-24-7-5-6-20-9-8-18(12-23(20)24)15-27(2,3)4/h8-12,14,24-26,30,33H,5-7,13,15-16H2,1-4H3,(H,31,32)/t24-,25-,26+/m0/s1. The van der Waals surface area contributed by atoms with Crippen LogP contribution in [0.2, 0.25) is 0 Å². The molecule has 2 aromatic rings. The third-order valence-electron chi connectivity index (χ3n) is 6.06. The van der Waals surface area contributed by atoms with Gasteiger partial charge in [-0.2, -0.15) is 0 Å². The number of benzene rings is 2. The van der Waals surface area contributed by atoms with Gasteiger partial charge < -0.3 is 15.7 Å². The molecule has 6 heteroatoms. The summed E-state index contributed by atoms with van der Waals surface area (Å²) in [5.74, 6) is -1.65. The predicted molar refractivity (Wildman–Crippen MR) is 127 cm³/mol. The van der Waals surface area contributed by atoms with Crippen molar-refractivity contribution in [2.24, 2.45) is 5.41 Å². The second-order valence-electron chi connectivity index (χ2n) is 10.5. The molecule has 0 aromatic heterocycles. The number of carbonyl (C=O) groups excluding carboxylic acids is 1. The summed E-state index contributed by atoms with van der Waals surface area (Å²) in [4.78, 5) is 11.7. The molecule has 0 saturated heterocycles. The Kier molecular flexibility index (Phi) is 8.24. The van der Waals surface area contributed by atoms with Crippen LogP contribution >= 0.6 is 0 Å². The summed E-state index contributed by atoms with van der Waals surface area (Å²) in [7, 11) is 0. The zero-order valence-corrected chi connectivity index (χ0v) is 20.1. The van der Waals surface area contributed by atoms with Crippen molar-refractivity contribution >= 4 is 5.91 Å². The summed E-state index contributed by atoms with van der Waals surface area (Å²) in [6.07, 6.45) is 3.29. The fourth-order valence-corrected chi connectivity index (χ4v) is 4.72. The molecule has 0 bridgehead atoms. The summed E-state index contributed by atoms with van der Waals surface area (Å²) in [5, 5.41) is 17.1. The maximum absolute atomic E-state index is 13.6. The first-order chi connectivity index (χ1) is 15.5. The molecule has 0 aliphatic heterocycles. The van der Waals surface area contributed by atoms with Crippen LogP contribution in [0.3, 0.4) is 0 Å². The minimum Gasteiger partial charge on any atom is -0.390 e. The van der Waals surface area contributed by atoms with Crippen LogP contribution < -0.4 is 10.6 Å². The summed E-state index contributed by atoms with van der Waals surface area (Å²) < 4.78 is 27.2. The lowest BCUT2D eigenvalue weighted by Crippen LogP contribution is -2.48. The third kappa shape index (κ3) is 7.61. The van der Waals surface area contributed by atoms with Crippen LogP contribution in [-0.2, 0) is 24.1 Å². The van der Waals surface area contributed by atoms with Gasteiger partial charge in [0.05, 0.1) is 12.1 Å². The Morgan fingerprint density at radius 2 is 1.82 bits per heavy atom. The van der Waals surface area contributed by atoms with Crippen molar-refractivity contribution < 1.29 is 18.7 Å². The zero-order valence-electron chi connectivity index (χ0n) is 20.1. The Morgan fingerprint density at radius 1 is 1.12 bits per heavy atom. The van der Waals surface area contributed by atoms with Crippen LogP contribution in [0.25, 0.3) is 0 Å². The first kappa shape index (κ1) is 25.3. The Balaban J connectivity index is 1.70. The van der Waals surface area contributed by atoms with Crippen LogP contribution in [0.4, 0.5) is 8.78 Å². The molecular weight excluding hydrogens is 422 g/mol. The SMILES string of the molecule is CC(=O)N[C@@H](Cc1cc(F)cc(F)c1)[C@H](O)CN[C@H]1CCCc2ccc(CC(C)(C)C)cc21. The molecule has 180 valence electrons. The lowest BCUT2D eigenvalue weighted by atomic mass is 9.82. The molecule has 1 aliphatic carbocycles. The number of carbonyl (C=O) groups is 1. The van der Waals surface area contributed by atoms with Gasteiger partial charge in [0.15, 0.2) is 0 Å². The van der Waals surface area contributed by atoms with E-state index in [4.69, 9.17) is 0 Å². The van der Waals surface area contributed by atoms with E-state index in [1.807, 2.05) is 0 Å². The average molecular weight is 459 g/mol. The molecule has 33 heavy (non-hydrogen) atoms. The number of hydrogen-bond acceptors (Lipinski definition) is 3. The molecule has 4 nitrogen and oxygen atoms in total. The van der Waals surface area contributed by atoms with Crippen molar-refractivity contribution in [2.75, 3.05) is 6.54 Å². The number of aliphatic hydroxyl groups excluding tert-OH is 1. The molecule has 0 heterocycles. The highest BCUT2D eigenvalue weighted by Crippen LogP contribution is 2.32. The van der Waals surface area contributed by atoms with Crippen molar-refractivity contribution in [2.45, 2.75) is 78.0 Å². The molecule has 0 radical (unpaired) electrons. The lowest BCUT2D eigenvalue weighted by Gasteiger charge is -2.31. The normalized spacial score (nSPS) is 17.8. The van der Waals surface area contributed by atoms with Gasteiger partial charge in [0.1, 0.15) is 11.6 Å². The fourth-order valence-electron chi connectivity index (χ4n) is 4.72. The highest BCUT2D eigenvalue weighted by atomic mass is 19.1. The molecule has 0 saturated carbocycles. The Morgan fingerprint density at radius 3 is 2.45 bits per heavy atom. The van der Waals surface area contributed by atoms with E-state index >= 15 is 0 Å². The van der Waals surface area contributed by atoms with Gasteiger partial charge in [-0.05, 0) is 71.9 Å². The maximum atomic E-state index is 13.6. The smallest absolute Gasteiger partial charge is 0.217 e. The van der Waals surface area contributed by atoms with E-state index in [9.17, 15) is 18.7 Å². The quantitative estimate of drug-likeness (QED) is 0.541. The van der Waals surface area contributed by atoms with Crippen molar-refractivity contribution in [3.05, 3.63) is 70.3 Å². The molecule has 1 aliphatic rings. The Hall–Kier alpha value is -2.31. The molecule has 2 aromatic carbocycles. The van der Waals surface area contributed by atoms with Gasteiger partial charge in [-0.25, -0.2) is 8.78 Å². The van der Waals surface area contributed by atoms with E-state index in [0.717, 1.165) is 31.7 Å². The largest absolute Gasteiger partial charge is 0.390 e. The highest BCUT2D eigenvalue weighted by Gasteiger charge is 2.25. The monoisotopic (exact) mass is 458 g/mol. The molecule has 1 amide bonds. The van der Waals surface area contributed by atoms with Gasteiger partial charge in [0.25, 0.3) is 0 Å². The number of nitrogens with one attached hydrogen (secondary N) is 2. The summed E-state index contributed by atoms with van der Waals surface area (Å²) in [6, 6.07) is 9.44. The maximum Gasteiger partial charge on any atom is 0.217 e. The topological polar surface area (TPSA) is 61.4 Å². The molecule has 0 spiro atoms. The van der Waals surface area contributed by atoms with Crippen LogP contribution in [0, 0.1) is 17.0 Å². The van der Waals surface area contributed by atoms with Crippen molar-refractivity contribution in [3.63, 3.8) is 0 Å².